The van der Waals surface area contributed by atoms with Crippen LogP contribution in [0.2, 0.25) is 0 Å². The third kappa shape index (κ3) is 3.82. The van der Waals surface area contributed by atoms with Gasteiger partial charge in [0.15, 0.2) is 0 Å². The first kappa shape index (κ1) is 15.5. The highest BCUT2D eigenvalue weighted by Crippen LogP contribution is 2.31. The van der Waals surface area contributed by atoms with Crippen molar-refractivity contribution in [2.75, 3.05) is 7.05 Å². The highest BCUT2D eigenvalue weighted by atomic mass is 19.1. The average Bonchev–Trinajstić information content (AvgIpc) is 2.46. The molecule has 0 amide bonds. The quantitative estimate of drug-likeness (QED) is 0.870. The van der Waals surface area contributed by atoms with Crippen molar-refractivity contribution in [3.8, 4) is 16.9 Å². The minimum atomic E-state index is -0.229. The second-order valence-corrected chi connectivity index (χ2v) is 5.44. The fourth-order valence-corrected chi connectivity index (χ4v) is 2.32. The molecule has 3 heteroatoms. The van der Waals surface area contributed by atoms with Crippen LogP contribution in [0.3, 0.4) is 0 Å². The summed E-state index contributed by atoms with van der Waals surface area (Å²) in [4.78, 5) is 0. The van der Waals surface area contributed by atoms with Crippen molar-refractivity contribution >= 4 is 0 Å². The van der Waals surface area contributed by atoms with Gasteiger partial charge in [0.2, 0.25) is 0 Å². The molecule has 1 N–H and O–H groups in total. The molecule has 0 aromatic heterocycles. The topological polar surface area (TPSA) is 21.3 Å². The van der Waals surface area contributed by atoms with E-state index in [-0.39, 0.29) is 18.0 Å². The summed E-state index contributed by atoms with van der Waals surface area (Å²) in [6.07, 6.45) is 0.114. The van der Waals surface area contributed by atoms with Crippen LogP contribution in [0.25, 0.3) is 11.1 Å². The van der Waals surface area contributed by atoms with Crippen LogP contribution < -0.4 is 10.1 Å². The molecular formula is C18H22FNO. The summed E-state index contributed by atoms with van der Waals surface area (Å²) in [6, 6.07) is 12.9. The van der Waals surface area contributed by atoms with Gasteiger partial charge in [-0.15, -0.1) is 0 Å². The molecule has 0 radical (unpaired) electrons. The van der Waals surface area contributed by atoms with Crippen molar-refractivity contribution in [3.63, 3.8) is 0 Å². The Morgan fingerprint density at radius 1 is 1.05 bits per heavy atom. The Kier molecular flexibility index (Phi) is 4.97. The standard InChI is InChI=1S/C18H22FNO/c1-12(2)21-16-7-5-6-14(10-16)18-11-15(19)8-9-17(18)13(3)20-4/h5-13,20H,1-4H3. The zero-order chi connectivity index (χ0) is 15.4. The summed E-state index contributed by atoms with van der Waals surface area (Å²) >= 11 is 0. The summed E-state index contributed by atoms with van der Waals surface area (Å²) in [5.74, 6) is 0.571. The van der Waals surface area contributed by atoms with Crippen molar-refractivity contribution in [3.05, 3.63) is 53.8 Å². The lowest BCUT2D eigenvalue weighted by molar-refractivity contribution is 0.242. The number of hydrogen-bond donors (Lipinski definition) is 1. The number of halogens is 1. The van der Waals surface area contributed by atoms with Gasteiger partial charge in [0.05, 0.1) is 6.10 Å². The number of rotatable bonds is 5. The number of benzene rings is 2. The van der Waals surface area contributed by atoms with Crippen molar-refractivity contribution in [2.45, 2.75) is 32.9 Å². The lowest BCUT2D eigenvalue weighted by Crippen LogP contribution is -2.13. The van der Waals surface area contributed by atoms with Gasteiger partial charge in [0, 0.05) is 6.04 Å². The van der Waals surface area contributed by atoms with E-state index in [0.29, 0.717) is 0 Å². The molecule has 112 valence electrons. The molecular weight excluding hydrogens is 265 g/mol. The maximum atomic E-state index is 13.7. The summed E-state index contributed by atoms with van der Waals surface area (Å²) < 4.78 is 19.4. The van der Waals surface area contributed by atoms with Gasteiger partial charge in [-0.3, -0.25) is 0 Å². The highest BCUT2D eigenvalue weighted by Gasteiger charge is 2.12. The fourth-order valence-electron chi connectivity index (χ4n) is 2.32. The van der Waals surface area contributed by atoms with Gasteiger partial charge in [-0.1, -0.05) is 18.2 Å². The molecule has 0 spiro atoms. The summed E-state index contributed by atoms with van der Waals surface area (Å²) in [5.41, 5.74) is 2.93. The first-order valence-electron chi connectivity index (χ1n) is 7.25. The molecule has 2 aromatic carbocycles. The van der Waals surface area contributed by atoms with E-state index in [9.17, 15) is 4.39 Å². The lowest BCUT2D eigenvalue weighted by Gasteiger charge is -2.17. The van der Waals surface area contributed by atoms with Gasteiger partial charge in [-0.25, -0.2) is 4.39 Å². The molecule has 0 saturated heterocycles. The Morgan fingerprint density at radius 3 is 2.48 bits per heavy atom. The average molecular weight is 287 g/mol. The van der Waals surface area contributed by atoms with Crippen LogP contribution in [0.1, 0.15) is 32.4 Å². The van der Waals surface area contributed by atoms with Crippen LogP contribution >= 0.6 is 0 Å². The Hall–Kier alpha value is -1.87. The molecule has 0 aliphatic heterocycles. The zero-order valence-electron chi connectivity index (χ0n) is 13.0. The predicted molar refractivity (Wildman–Crippen MR) is 85.1 cm³/mol. The Balaban J connectivity index is 2.47. The second-order valence-electron chi connectivity index (χ2n) is 5.44. The van der Waals surface area contributed by atoms with Gasteiger partial charge in [0.1, 0.15) is 11.6 Å². The predicted octanol–water partition coefficient (Wildman–Crippen LogP) is 4.56. The molecule has 21 heavy (non-hydrogen) atoms. The van der Waals surface area contributed by atoms with E-state index >= 15 is 0 Å². The van der Waals surface area contributed by atoms with Crippen molar-refractivity contribution < 1.29 is 9.13 Å². The molecule has 2 aromatic rings. The molecule has 0 fully saturated rings. The number of nitrogens with one attached hydrogen (secondary N) is 1. The van der Waals surface area contributed by atoms with E-state index in [0.717, 1.165) is 22.4 Å². The lowest BCUT2D eigenvalue weighted by atomic mass is 9.95. The molecule has 0 heterocycles. The third-order valence-corrected chi connectivity index (χ3v) is 3.43. The molecule has 0 aliphatic rings. The Labute approximate surface area is 126 Å². The molecule has 1 unspecified atom stereocenters. The van der Waals surface area contributed by atoms with Crippen LogP contribution in [0.5, 0.6) is 5.75 Å². The van der Waals surface area contributed by atoms with Crippen LogP contribution in [0.4, 0.5) is 4.39 Å². The summed E-state index contributed by atoms with van der Waals surface area (Å²) in [5, 5.41) is 3.20. The maximum absolute atomic E-state index is 13.7. The minimum absolute atomic E-state index is 0.114. The Bertz CT molecular complexity index is 610. The van der Waals surface area contributed by atoms with Crippen LogP contribution in [-0.2, 0) is 0 Å². The Morgan fingerprint density at radius 2 is 1.81 bits per heavy atom. The largest absolute Gasteiger partial charge is 0.491 e. The molecule has 2 rings (SSSR count). The van der Waals surface area contributed by atoms with E-state index in [2.05, 4.69) is 12.2 Å². The van der Waals surface area contributed by atoms with Gasteiger partial charge in [-0.2, -0.15) is 0 Å². The first-order chi connectivity index (χ1) is 10.0. The minimum Gasteiger partial charge on any atom is -0.491 e. The monoisotopic (exact) mass is 287 g/mol. The molecule has 0 saturated carbocycles. The number of ether oxygens (including phenoxy) is 1. The van der Waals surface area contributed by atoms with E-state index < -0.39 is 0 Å². The van der Waals surface area contributed by atoms with Crippen molar-refractivity contribution in [2.24, 2.45) is 0 Å². The normalized spacial score (nSPS) is 12.5. The van der Waals surface area contributed by atoms with Gasteiger partial charge in [0.25, 0.3) is 0 Å². The molecule has 1 atom stereocenters. The summed E-state index contributed by atoms with van der Waals surface area (Å²) in [6.45, 7) is 6.04. The van der Waals surface area contributed by atoms with Crippen molar-refractivity contribution in [1.29, 1.82) is 0 Å². The molecule has 0 bridgehead atoms. The highest BCUT2D eigenvalue weighted by molar-refractivity contribution is 5.69. The van der Waals surface area contributed by atoms with E-state index in [1.807, 2.05) is 51.2 Å². The number of hydrogen-bond acceptors (Lipinski definition) is 2. The van der Waals surface area contributed by atoms with Crippen LogP contribution in [0, 0.1) is 5.82 Å². The SMILES string of the molecule is CNC(C)c1ccc(F)cc1-c1cccc(OC(C)C)c1. The van der Waals surface area contributed by atoms with Crippen LogP contribution in [-0.4, -0.2) is 13.2 Å². The maximum Gasteiger partial charge on any atom is 0.123 e. The van der Waals surface area contributed by atoms with Crippen molar-refractivity contribution in [1.82, 2.24) is 5.32 Å². The molecule has 0 aliphatic carbocycles. The van der Waals surface area contributed by atoms with E-state index in [4.69, 9.17) is 4.74 Å². The smallest absolute Gasteiger partial charge is 0.123 e. The second kappa shape index (κ2) is 6.72. The van der Waals surface area contributed by atoms with Crippen LogP contribution in [0.15, 0.2) is 42.5 Å². The third-order valence-electron chi connectivity index (χ3n) is 3.43. The summed E-state index contributed by atoms with van der Waals surface area (Å²) in [7, 11) is 1.90. The fraction of sp³-hybridized carbons (Fsp3) is 0.333. The van der Waals surface area contributed by atoms with Gasteiger partial charge in [-0.05, 0) is 68.8 Å². The van der Waals surface area contributed by atoms with E-state index in [1.165, 1.54) is 6.07 Å². The molecule has 2 nitrogen and oxygen atoms in total. The van der Waals surface area contributed by atoms with Gasteiger partial charge >= 0.3 is 0 Å². The van der Waals surface area contributed by atoms with Gasteiger partial charge < -0.3 is 10.1 Å². The van der Waals surface area contributed by atoms with E-state index in [1.54, 1.807) is 6.07 Å². The first-order valence-corrected chi connectivity index (χ1v) is 7.25. The zero-order valence-corrected chi connectivity index (χ0v) is 13.0.